The van der Waals surface area contributed by atoms with E-state index in [1.165, 1.54) is 0 Å². The van der Waals surface area contributed by atoms with Gasteiger partial charge in [0.2, 0.25) is 5.91 Å². The summed E-state index contributed by atoms with van der Waals surface area (Å²) in [7, 11) is 0. The first-order chi connectivity index (χ1) is 7.74. The summed E-state index contributed by atoms with van der Waals surface area (Å²) < 4.78 is 0. The molecule has 3 rings (SSSR count). The molecule has 2 heterocycles. The second-order valence-corrected chi connectivity index (χ2v) is 5.26. The van der Waals surface area contributed by atoms with Gasteiger partial charge in [-0.1, -0.05) is 0 Å². The first-order valence-corrected chi connectivity index (χ1v) is 6.28. The zero-order valence-electron chi connectivity index (χ0n) is 9.52. The van der Waals surface area contributed by atoms with Crippen molar-refractivity contribution in [1.82, 2.24) is 9.80 Å². The Bertz CT molecular complexity index is 325. The number of rotatable bonds is 3. The lowest BCUT2D eigenvalue weighted by atomic mass is 10.1. The minimum absolute atomic E-state index is 0.304. The van der Waals surface area contributed by atoms with E-state index in [1.54, 1.807) is 0 Å². The van der Waals surface area contributed by atoms with Gasteiger partial charge >= 0.3 is 0 Å². The van der Waals surface area contributed by atoms with Crippen molar-refractivity contribution in [3.05, 3.63) is 0 Å². The molecular weight excluding hydrogens is 204 g/mol. The van der Waals surface area contributed by atoms with Crippen molar-refractivity contribution in [2.24, 2.45) is 5.92 Å². The lowest BCUT2D eigenvalue weighted by Gasteiger charge is -2.37. The maximum atomic E-state index is 11.7. The minimum Gasteiger partial charge on any atom is -0.337 e. The van der Waals surface area contributed by atoms with Crippen LogP contribution in [0.4, 0.5) is 0 Å². The molecular formula is C12H18N2O2. The number of Topliss-reactive ketones (excluding diaryl/α,β-unsaturated/α-hetero) is 1. The highest BCUT2D eigenvalue weighted by atomic mass is 16.2. The van der Waals surface area contributed by atoms with Crippen LogP contribution in [0.25, 0.3) is 0 Å². The van der Waals surface area contributed by atoms with E-state index in [-0.39, 0.29) is 0 Å². The van der Waals surface area contributed by atoms with E-state index in [0.717, 1.165) is 38.9 Å². The third-order valence-electron chi connectivity index (χ3n) is 3.99. The monoisotopic (exact) mass is 222 g/mol. The summed E-state index contributed by atoms with van der Waals surface area (Å²) in [5, 5.41) is 0. The van der Waals surface area contributed by atoms with E-state index < -0.39 is 0 Å². The Kier molecular flexibility index (Phi) is 2.46. The molecule has 16 heavy (non-hydrogen) atoms. The number of amides is 1. The first kappa shape index (κ1) is 10.3. The lowest BCUT2D eigenvalue weighted by molar-refractivity contribution is -0.131. The van der Waals surface area contributed by atoms with Gasteiger partial charge in [-0.05, 0) is 19.3 Å². The van der Waals surface area contributed by atoms with Gasteiger partial charge in [0.25, 0.3) is 0 Å². The van der Waals surface area contributed by atoms with Gasteiger partial charge in [0.05, 0.1) is 6.54 Å². The maximum absolute atomic E-state index is 11.7. The summed E-state index contributed by atoms with van der Waals surface area (Å²) in [4.78, 5) is 27.4. The fourth-order valence-electron chi connectivity index (χ4n) is 2.83. The molecule has 0 N–H and O–H groups in total. The normalized spacial score (nSPS) is 30.6. The van der Waals surface area contributed by atoms with Gasteiger partial charge in [0.1, 0.15) is 5.78 Å². The smallest absolute Gasteiger partial charge is 0.222 e. The van der Waals surface area contributed by atoms with E-state index in [9.17, 15) is 9.59 Å². The molecule has 1 amide bonds. The molecule has 1 saturated carbocycles. The average Bonchev–Trinajstić information content (AvgIpc) is 3.05. The highest BCUT2D eigenvalue weighted by Gasteiger charge is 2.37. The first-order valence-electron chi connectivity index (χ1n) is 6.28. The summed E-state index contributed by atoms with van der Waals surface area (Å²) >= 11 is 0. The summed E-state index contributed by atoms with van der Waals surface area (Å²) in [6.07, 6.45) is 3.88. The van der Waals surface area contributed by atoms with Crippen molar-refractivity contribution in [3.63, 3.8) is 0 Å². The van der Waals surface area contributed by atoms with Gasteiger partial charge in [-0.15, -0.1) is 0 Å². The zero-order valence-corrected chi connectivity index (χ0v) is 9.52. The number of ketones is 1. The summed E-state index contributed by atoms with van der Waals surface area (Å²) in [6.45, 7) is 3.22. The van der Waals surface area contributed by atoms with Crippen molar-refractivity contribution in [2.75, 3.05) is 26.2 Å². The number of hydrogen-bond donors (Lipinski definition) is 0. The fourth-order valence-corrected chi connectivity index (χ4v) is 2.83. The van der Waals surface area contributed by atoms with Crippen molar-refractivity contribution in [2.45, 2.75) is 31.7 Å². The molecule has 0 spiro atoms. The molecule has 1 unspecified atom stereocenters. The van der Waals surface area contributed by atoms with E-state index in [1.807, 2.05) is 4.90 Å². The average molecular weight is 222 g/mol. The third kappa shape index (κ3) is 1.86. The third-order valence-corrected chi connectivity index (χ3v) is 3.99. The predicted octanol–water partition coefficient (Wildman–Crippen LogP) is 0.272. The van der Waals surface area contributed by atoms with Gasteiger partial charge in [-0.2, -0.15) is 0 Å². The van der Waals surface area contributed by atoms with Gasteiger partial charge in [-0.3, -0.25) is 14.5 Å². The number of piperazine rings is 1. The molecule has 0 aromatic heterocycles. The molecule has 1 aliphatic carbocycles. The van der Waals surface area contributed by atoms with Gasteiger partial charge in [0, 0.05) is 38.0 Å². The van der Waals surface area contributed by atoms with Crippen LogP contribution in [-0.2, 0) is 9.59 Å². The summed E-state index contributed by atoms with van der Waals surface area (Å²) in [6, 6.07) is 0.383. The Balaban J connectivity index is 1.55. The number of fused-ring (bicyclic) bond motifs is 1. The standard InChI is InChI=1S/C12H18N2O2/c15-11(9-1-2-9)8-13-5-6-14-10(7-13)3-4-12(14)16/h9-10H,1-8H2. The molecule has 0 aromatic rings. The fraction of sp³-hybridized carbons (Fsp3) is 0.833. The van der Waals surface area contributed by atoms with Crippen LogP contribution in [0.5, 0.6) is 0 Å². The SMILES string of the molecule is O=C(CN1CCN2C(=O)CCC2C1)C1CC1. The molecule has 0 bridgehead atoms. The molecule has 2 saturated heterocycles. The summed E-state index contributed by atoms with van der Waals surface area (Å²) in [5.41, 5.74) is 0. The molecule has 0 radical (unpaired) electrons. The van der Waals surface area contributed by atoms with Crippen molar-refractivity contribution >= 4 is 11.7 Å². The van der Waals surface area contributed by atoms with Gasteiger partial charge < -0.3 is 4.90 Å². The van der Waals surface area contributed by atoms with Crippen LogP contribution >= 0.6 is 0 Å². The quantitative estimate of drug-likeness (QED) is 0.688. The molecule has 4 heteroatoms. The number of carbonyl (C=O) groups excluding carboxylic acids is 2. The topological polar surface area (TPSA) is 40.6 Å². The highest BCUT2D eigenvalue weighted by molar-refractivity contribution is 5.85. The number of nitrogens with zero attached hydrogens (tertiary/aromatic N) is 2. The second-order valence-electron chi connectivity index (χ2n) is 5.26. The zero-order chi connectivity index (χ0) is 11.1. The van der Waals surface area contributed by atoms with E-state index in [2.05, 4.69) is 4.90 Å². The molecule has 0 aromatic carbocycles. The van der Waals surface area contributed by atoms with Crippen LogP contribution in [0, 0.1) is 5.92 Å². The van der Waals surface area contributed by atoms with Crippen LogP contribution in [0.1, 0.15) is 25.7 Å². The molecule has 2 aliphatic heterocycles. The molecule has 3 fully saturated rings. The van der Waals surface area contributed by atoms with Crippen molar-refractivity contribution in [3.8, 4) is 0 Å². The largest absolute Gasteiger partial charge is 0.337 e. The molecule has 3 aliphatic rings. The van der Waals surface area contributed by atoms with Crippen molar-refractivity contribution < 1.29 is 9.59 Å². The molecule has 4 nitrogen and oxygen atoms in total. The number of hydrogen-bond acceptors (Lipinski definition) is 3. The maximum Gasteiger partial charge on any atom is 0.222 e. The van der Waals surface area contributed by atoms with E-state index >= 15 is 0 Å². The van der Waals surface area contributed by atoms with Crippen LogP contribution < -0.4 is 0 Å². The van der Waals surface area contributed by atoms with Crippen LogP contribution in [-0.4, -0.2) is 53.7 Å². The van der Waals surface area contributed by atoms with Crippen LogP contribution in [0.3, 0.4) is 0 Å². The van der Waals surface area contributed by atoms with Gasteiger partial charge in [-0.25, -0.2) is 0 Å². The van der Waals surface area contributed by atoms with Crippen molar-refractivity contribution in [1.29, 1.82) is 0 Å². The Labute approximate surface area is 95.6 Å². The van der Waals surface area contributed by atoms with Crippen LogP contribution in [0.2, 0.25) is 0 Å². The lowest BCUT2D eigenvalue weighted by Crippen LogP contribution is -2.52. The Hall–Kier alpha value is -0.900. The number of carbonyl (C=O) groups is 2. The molecule has 88 valence electrons. The van der Waals surface area contributed by atoms with Gasteiger partial charge in [0.15, 0.2) is 0 Å². The predicted molar refractivity (Wildman–Crippen MR) is 58.9 cm³/mol. The summed E-state index contributed by atoms with van der Waals surface area (Å²) in [5.74, 6) is 1.08. The molecule has 1 atom stereocenters. The minimum atomic E-state index is 0.304. The second kappa shape index (κ2) is 3.84. The van der Waals surface area contributed by atoms with E-state index in [4.69, 9.17) is 0 Å². The highest BCUT2D eigenvalue weighted by Crippen LogP contribution is 2.30. The Morgan fingerprint density at radius 3 is 2.81 bits per heavy atom. The Morgan fingerprint density at radius 2 is 2.06 bits per heavy atom. The Morgan fingerprint density at radius 1 is 1.25 bits per heavy atom. The van der Waals surface area contributed by atoms with Crippen LogP contribution in [0.15, 0.2) is 0 Å². The van der Waals surface area contributed by atoms with E-state index in [0.29, 0.717) is 36.6 Å².